The average Bonchev–Trinajstić information content (AvgIpc) is 2.39. The first-order chi connectivity index (χ1) is 9.00. The van der Waals surface area contributed by atoms with Crippen LogP contribution in [0.25, 0.3) is 0 Å². The number of morpholine rings is 1. The van der Waals surface area contributed by atoms with Crippen LogP contribution in [0.3, 0.4) is 0 Å². The van der Waals surface area contributed by atoms with Gasteiger partial charge in [-0.2, -0.15) is 13.2 Å². The summed E-state index contributed by atoms with van der Waals surface area (Å²) in [5.74, 6) is 0. The molecular weight excluding hydrogens is 257 g/mol. The largest absolute Gasteiger partial charge is 0.416 e. The minimum absolute atomic E-state index is 0.317. The second-order valence-electron chi connectivity index (χ2n) is 4.57. The molecule has 0 radical (unpaired) electrons. The van der Waals surface area contributed by atoms with Gasteiger partial charge in [-0.15, -0.1) is 0 Å². The van der Waals surface area contributed by atoms with E-state index in [9.17, 15) is 13.2 Å². The van der Waals surface area contributed by atoms with Crippen LogP contribution in [0.15, 0.2) is 24.3 Å². The average molecular weight is 274 g/mol. The second kappa shape index (κ2) is 5.90. The van der Waals surface area contributed by atoms with Crippen molar-refractivity contribution in [2.24, 2.45) is 5.73 Å². The predicted molar refractivity (Wildman–Crippen MR) is 65.6 cm³/mol. The maximum atomic E-state index is 12.7. The molecule has 6 heteroatoms. The summed E-state index contributed by atoms with van der Waals surface area (Å²) in [7, 11) is 0. The van der Waals surface area contributed by atoms with E-state index in [1.54, 1.807) is 6.07 Å². The number of rotatable bonds is 3. The van der Waals surface area contributed by atoms with Gasteiger partial charge in [-0.3, -0.25) is 4.90 Å². The topological polar surface area (TPSA) is 38.5 Å². The van der Waals surface area contributed by atoms with Gasteiger partial charge in [0.1, 0.15) is 0 Å². The summed E-state index contributed by atoms with van der Waals surface area (Å²) in [6.45, 7) is 3.14. The zero-order valence-electron chi connectivity index (χ0n) is 10.5. The van der Waals surface area contributed by atoms with E-state index in [0.717, 1.165) is 25.2 Å². The molecule has 0 spiro atoms. The molecular formula is C13H17F3N2O. The van der Waals surface area contributed by atoms with Gasteiger partial charge in [0.2, 0.25) is 0 Å². The number of hydrogen-bond acceptors (Lipinski definition) is 3. The summed E-state index contributed by atoms with van der Waals surface area (Å²) in [4.78, 5) is 2.11. The molecule has 1 aliphatic heterocycles. The van der Waals surface area contributed by atoms with E-state index in [1.165, 1.54) is 6.07 Å². The van der Waals surface area contributed by atoms with Crippen LogP contribution >= 0.6 is 0 Å². The number of hydrogen-bond donors (Lipinski definition) is 1. The highest BCUT2D eigenvalue weighted by Crippen LogP contribution is 2.32. The van der Waals surface area contributed by atoms with Gasteiger partial charge in [-0.1, -0.05) is 12.1 Å². The molecule has 1 heterocycles. The number of nitrogens with two attached hydrogens (primary N) is 1. The Kier molecular flexibility index (Phi) is 4.44. The van der Waals surface area contributed by atoms with Gasteiger partial charge >= 0.3 is 6.18 Å². The minimum atomic E-state index is -4.32. The van der Waals surface area contributed by atoms with Crippen LogP contribution in [0.2, 0.25) is 0 Å². The molecule has 1 atom stereocenters. The first-order valence-corrected chi connectivity index (χ1v) is 6.22. The lowest BCUT2D eigenvalue weighted by Gasteiger charge is -2.33. The molecule has 1 aromatic carbocycles. The Morgan fingerprint density at radius 2 is 2.16 bits per heavy atom. The molecule has 1 saturated heterocycles. The third-order valence-corrected chi connectivity index (χ3v) is 3.18. The van der Waals surface area contributed by atoms with Crippen molar-refractivity contribution in [2.75, 3.05) is 32.8 Å². The fraction of sp³-hybridized carbons (Fsp3) is 0.538. The van der Waals surface area contributed by atoms with Crippen molar-refractivity contribution in [3.8, 4) is 0 Å². The van der Waals surface area contributed by atoms with Gasteiger partial charge < -0.3 is 10.5 Å². The number of halogens is 3. The summed E-state index contributed by atoms with van der Waals surface area (Å²) in [5, 5.41) is 0. The van der Waals surface area contributed by atoms with E-state index in [4.69, 9.17) is 10.5 Å². The second-order valence-corrected chi connectivity index (χ2v) is 4.57. The Morgan fingerprint density at radius 3 is 2.84 bits per heavy atom. The molecule has 0 aromatic heterocycles. The van der Waals surface area contributed by atoms with Gasteiger partial charge in [-0.05, 0) is 17.7 Å². The molecule has 0 bridgehead atoms. The highest BCUT2D eigenvalue weighted by atomic mass is 19.4. The first kappa shape index (κ1) is 14.3. The van der Waals surface area contributed by atoms with Gasteiger partial charge in [-0.25, -0.2) is 0 Å². The van der Waals surface area contributed by atoms with E-state index < -0.39 is 11.7 Å². The van der Waals surface area contributed by atoms with E-state index >= 15 is 0 Å². The molecule has 2 rings (SSSR count). The highest BCUT2D eigenvalue weighted by molar-refractivity contribution is 5.27. The zero-order valence-corrected chi connectivity index (χ0v) is 10.5. The Bertz CT molecular complexity index is 421. The van der Waals surface area contributed by atoms with Crippen molar-refractivity contribution >= 4 is 0 Å². The number of nitrogens with zero attached hydrogens (tertiary/aromatic N) is 1. The van der Waals surface area contributed by atoms with Crippen LogP contribution < -0.4 is 5.73 Å². The van der Waals surface area contributed by atoms with Crippen molar-refractivity contribution < 1.29 is 17.9 Å². The van der Waals surface area contributed by atoms with Crippen molar-refractivity contribution in [1.82, 2.24) is 4.90 Å². The molecule has 1 unspecified atom stereocenters. The Morgan fingerprint density at radius 1 is 1.37 bits per heavy atom. The summed E-state index contributed by atoms with van der Waals surface area (Å²) < 4.78 is 43.6. The van der Waals surface area contributed by atoms with Crippen LogP contribution in [-0.2, 0) is 10.9 Å². The monoisotopic (exact) mass is 274 g/mol. The van der Waals surface area contributed by atoms with Crippen LogP contribution in [-0.4, -0.2) is 37.7 Å². The summed E-state index contributed by atoms with van der Waals surface area (Å²) >= 11 is 0. The molecule has 0 aliphatic carbocycles. The van der Waals surface area contributed by atoms with Gasteiger partial charge in [0.25, 0.3) is 0 Å². The molecule has 3 nitrogen and oxygen atoms in total. The summed E-state index contributed by atoms with van der Waals surface area (Å²) in [5.41, 5.74) is 5.43. The summed E-state index contributed by atoms with van der Waals surface area (Å²) in [6, 6.07) is 5.33. The molecule has 1 aromatic rings. The maximum absolute atomic E-state index is 12.7. The number of benzene rings is 1. The lowest BCUT2D eigenvalue weighted by Crippen LogP contribution is -2.40. The Hall–Kier alpha value is -1.11. The Balaban J connectivity index is 2.13. The van der Waals surface area contributed by atoms with E-state index in [-0.39, 0.29) is 6.10 Å². The quantitative estimate of drug-likeness (QED) is 0.916. The maximum Gasteiger partial charge on any atom is 0.416 e. The van der Waals surface area contributed by atoms with Crippen LogP contribution in [0.1, 0.15) is 17.2 Å². The van der Waals surface area contributed by atoms with Crippen molar-refractivity contribution in [3.05, 3.63) is 35.4 Å². The smallest absolute Gasteiger partial charge is 0.371 e. The summed E-state index contributed by atoms with van der Waals surface area (Å²) in [6.07, 6.45) is -4.63. The van der Waals surface area contributed by atoms with Gasteiger partial charge in [0.05, 0.1) is 18.3 Å². The lowest BCUT2D eigenvalue weighted by molar-refractivity contribution is -0.137. The Labute approximate surface area is 110 Å². The normalized spacial score (nSPS) is 21.6. The molecule has 106 valence electrons. The molecule has 0 saturated carbocycles. The first-order valence-electron chi connectivity index (χ1n) is 6.22. The SMILES string of the molecule is NCCN1CCOC(c2cccc(C(F)(F)F)c2)C1. The van der Waals surface area contributed by atoms with E-state index in [1.807, 2.05) is 0 Å². The van der Waals surface area contributed by atoms with Crippen LogP contribution in [0.5, 0.6) is 0 Å². The molecule has 0 amide bonds. The lowest BCUT2D eigenvalue weighted by atomic mass is 10.0. The molecule has 19 heavy (non-hydrogen) atoms. The van der Waals surface area contributed by atoms with Gasteiger partial charge in [0.15, 0.2) is 0 Å². The third kappa shape index (κ3) is 3.68. The number of alkyl halides is 3. The van der Waals surface area contributed by atoms with Crippen LogP contribution in [0, 0.1) is 0 Å². The van der Waals surface area contributed by atoms with Gasteiger partial charge in [0, 0.05) is 26.2 Å². The fourth-order valence-corrected chi connectivity index (χ4v) is 2.21. The highest BCUT2D eigenvalue weighted by Gasteiger charge is 2.31. The van der Waals surface area contributed by atoms with Crippen molar-refractivity contribution in [2.45, 2.75) is 12.3 Å². The zero-order chi connectivity index (χ0) is 13.9. The standard InChI is InChI=1S/C13H17F3N2O/c14-13(15,16)11-3-1-2-10(8-11)12-9-18(5-4-17)6-7-19-12/h1-3,8,12H,4-7,9,17H2. The molecule has 1 aliphatic rings. The fourth-order valence-electron chi connectivity index (χ4n) is 2.21. The molecule has 1 fully saturated rings. The van der Waals surface area contributed by atoms with E-state index in [2.05, 4.69) is 4.90 Å². The number of ether oxygens (including phenoxy) is 1. The van der Waals surface area contributed by atoms with E-state index in [0.29, 0.717) is 25.3 Å². The van der Waals surface area contributed by atoms with Crippen molar-refractivity contribution in [1.29, 1.82) is 0 Å². The minimum Gasteiger partial charge on any atom is -0.371 e. The predicted octanol–water partition coefficient (Wildman–Crippen LogP) is 2.04. The molecule has 2 N–H and O–H groups in total. The third-order valence-electron chi connectivity index (χ3n) is 3.18. The van der Waals surface area contributed by atoms with Crippen molar-refractivity contribution in [3.63, 3.8) is 0 Å². The van der Waals surface area contributed by atoms with Crippen LogP contribution in [0.4, 0.5) is 13.2 Å².